The van der Waals surface area contributed by atoms with Gasteiger partial charge in [-0.25, -0.2) is 8.78 Å². The van der Waals surface area contributed by atoms with Crippen molar-refractivity contribution in [3.05, 3.63) is 95.6 Å². The molecule has 0 radical (unpaired) electrons. The van der Waals surface area contributed by atoms with Gasteiger partial charge in [-0.05, 0) is 49.4 Å². The summed E-state index contributed by atoms with van der Waals surface area (Å²) in [5, 5.41) is 2.50. The Labute approximate surface area is 161 Å². The molecule has 0 fully saturated rings. The predicted octanol–water partition coefficient (Wildman–Crippen LogP) is 4.88. The molecule has 0 heterocycles. The quantitative estimate of drug-likeness (QED) is 0.686. The Balaban J connectivity index is 1.81. The number of hydrogen-bond acceptors (Lipinski definition) is 2. The van der Waals surface area contributed by atoms with Gasteiger partial charge >= 0.3 is 0 Å². The van der Waals surface area contributed by atoms with Gasteiger partial charge in [-0.1, -0.05) is 24.3 Å². The highest BCUT2D eigenvalue weighted by molar-refractivity contribution is 6.09. The van der Waals surface area contributed by atoms with Gasteiger partial charge in [0, 0.05) is 35.1 Å². The number of nitrogens with zero attached hydrogens (tertiary/aromatic N) is 1. The molecule has 2 amide bonds. The first-order valence-electron chi connectivity index (χ1n) is 8.73. The summed E-state index contributed by atoms with van der Waals surface area (Å²) in [5.74, 6) is -2.81. The lowest BCUT2D eigenvalue weighted by Gasteiger charge is -2.21. The van der Waals surface area contributed by atoms with E-state index < -0.39 is 17.5 Å². The molecule has 0 atom stereocenters. The Morgan fingerprint density at radius 3 is 2.25 bits per heavy atom. The molecule has 0 bridgehead atoms. The van der Waals surface area contributed by atoms with Crippen molar-refractivity contribution in [1.29, 1.82) is 0 Å². The number of benzene rings is 3. The van der Waals surface area contributed by atoms with Crippen LogP contribution in [0, 0.1) is 11.6 Å². The first-order chi connectivity index (χ1) is 13.5. The number of anilines is 2. The second kappa shape index (κ2) is 8.43. The molecule has 0 saturated carbocycles. The highest BCUT2D eigenvalue weighted by Crippen LogP contribution is 2.18. The average molecular weight is 380 g/mol. The van der Waals surface area contributed by atoms with Gasteiger partial charge in [0.05, 0.1) is 0 Å². The molecule has 0 aliphatic rings. The van der Waals surface area contributed by atoms with Crippen LogP contribution in [-0.4, -0.2) is 18.4 Å². The minimum absolute atomic E-state index is 0.125. The van der Waals surface area contributed by atoms with E-state index in [1.165, 1.54) is 12.1 Å². The van der Waals surface area contributed by atoms with Crippen molar-refractivity contribution in [2.24, 2.45) is 0 Å². The number of nitrogens with one attached hydrogen (secondary N) is 1. The highest BCUT2D eigenvalue weighted by Gasteiger charge is 2.17. The lowest BCUT2D eigenvalue weighted by molar-refractivity contribution is 0.0988. The van der Waals surface area contributed by atoms with Crippen LogP contribution < -0.4 is 10.2 Å². The second-order valence-electron chi connectivity index (χ2n) is 6.05. The lowest BCUT2D eigenvalue weighted by atomic mass is 10.1. The fourth-order valence-corrected chi connectivity index (χ4v) is 2.78. The molecule has 3 rings (SSSR count). The van der Waals surface area contributed by atoms with E-state index in [1.807, 2.05) is 37.3 Å². The van der Waals surface area contributed by atoms with Crippen LogP contribution in [0.5, 0.6) is 0 Å². The number of rotatable bonds is 5. The summed E-state index contributed by atoms with van der Waals surface area (Å²) in [4.78, 5) is 26.9. The van der Waals surface area contributed by atoms with Gasteiger partial charge in [0.1, 0.15) is 0 Å². The van der Waals surface area contributed by atoms with E-state index in [2.05, 4.69) is 5.32 Å². The molecular weight excluding hydrogens is 362 g/mol. The molecule has 0 saturated heterocycles. The van der Waals surface area contributed by atoms with Crippen molar-refractivity contribution in [3.63, 3.8) is 0 Å². The maximum atomic E-state index is 13.3. The first kappa shape index (κ1) is 19.2. The molecule has 6 heteroatoms. The number of hydrogen-bond donors (Lipinski definition) is 1. The summed E-state index contributed by atoms with van der Waals surface area (Å²) >= 11 is 0. The third-order valence-corrected chi connectivity index (χ3v) is 4.18. The van der Waals surface area contributed by atoms with Gasteiger partial charge in [0.15, 0.2) is 11.6 Å². The van der Waals surface area contributed by atoms with Crippen LogP contribution in [0.15, 0.2) is 72.8 Å². The number of halogens is 2. The zero-order chi connectivity index (χ0) is 20.1. The van der Waals surface area contributed by atoms with Crippen LogP contribution in [0.2, 0.25) is 0 Å². The van der Waals surface area contributed by atoms with Crippen LogP contribution in [0.1, 0.15) is 27.6 Å². The largest absolute Gasteiger partial charge is 0.322 e. The Kier molecular flexibility index (Phi) is 5.79. The van der Waals surface area contributed by atoms with E-state index in [4.69, 9.17) is 0 Å². The van der Waals surface area contributed by atoms with Gasteiger partial charge < -0.3 is 10.2 Å². The lowest BCUT2D eigenvalue weighted by Crippen LogP contribution is -2.30. The first-order valence-corrected chi connectivity index (χ1v) is 8.73. The standard InChI is InChI=1S/C22H18F2N2O2/c1-2-26(18-9-4-3-5-10-18)22(28)16-8-6-7-15(13-16)21(27)25-17-11-12-19(23)20(24)14-17/h3-14H,2H2,1H3,(H,25,27). The van der Waals surface area contributed by atoms with Gasteiger partial charge in [-0.3, -0.25) is 9.59 Å². The molecule has 142 valence electrons. The fraction of sp³-hybridized carbons (Fsp3) is 0.0909. The minimum atomic E-state index is -1.05. The summed E-state index contributed by atoms with van der Waals surface area (Å²) in [5.41, 5.74) is 1.47. The van der Waals surface area contributed by atoms with E-state index in [1.54, 1.807) is 23.1 Å². The monoisotopic (exact) mass is 380 g/mol. The zero-order valence-corrected chi connectivity index (χ0v) is 15.2. The Morgan fingerprint density at radius 1 is 0.857 bits per heavy atom. The zero-order valence-electron chi connectivity index (χ0n) is 15.2. The van der Waals surface area contributed by atoms with Gasteiger partial charge in [-0.15, -0.1) is 0 Å². The van der Waals surface area contributed by atoms with Crippen LogP contribution >= 0.6 is 0 Å². The normalized spacial score (nSPS) is 10.4. The van der Waals surface area contributed by atoms with Crippen molar-refractivity contribution in [1.82, 2.24) is 0 Å². The number of amides is 2. The number of carbonyl (C=O) groups excluding carboxylic acids is 2. The van der Waals surface area contributed by atoms with E-state index in [9.17, 15) is 18.4 Å². The summed E-state index contributed by atoms with van der Waals surface area (Å²) < 4.78 is 26.3. The average Bonchev–Trinajstić information content (AvgIpc) is 2.72. The third kappa shape index (κ3) is 4.23. The summed E-state index contributed by atoms with van der Waals surface area (Å²) in [6, 6.07) is 18.6. The van der Waals surface area contributed by atoms with E-state index in [0.29, 0.717) is 12.1 Å². The predicted molar refractivity (Wildman–Crippen MR) is 105 cm³/mol. The molecule has 1 N–H and O–H groups in total. The molecular formula is C22H18F2N2O2. The highest BCUT2D eigenvalue weighted by atomic mass is 19.2. The van der Waals surface area contributed by atoms with Crippen LogP contribution in [0.4, 0.5) is 20.2 Å². The van der Waals surface area contributed by atoms with Crippen LogP contribution in [0.3, 0.4) is 0 Å². The SMILES string of the molecule is CCN(C(=O)c1cccc(C(=O)Nc2ccc(F)c(F)c2)c1)c1ccccc1. The number of para-hydroxylation sites is 1. The van der Waals surface area contributed by atoms with E-state index >= 15 is 0 Å². The van der Waals surface area contributed by atoms with Crippen molar-refractivity contribution in [2.45, 2.75) is 6.92 Å². The van der Waals surface area contributed by atoms with Gasteiger partial charge in [-0.2, -0.15) is 0 Å². The van der Waals surface area contributed by atoms with Crippen molar-refractivity contribution in [3.8, 4) is 0 Å². The molecule has 4 nitrogen and oxygen atoms in total. The summed E-state index contributed by atoms with van der Waals surface area (Å²) in [6.07, 6.45) is 0. The number of carbonyl (C=O) groups is 2. The molecule has 0 aliphatic carbocycles. The topological polar surface area (TPSA) is 49.4 Å². The van der Waals surface area contributed by atoms with Crippen molar-refractivity contribution in [2.75, 3.05) is 16.8 Å². The Hall–Kier alpha value is -3.54. The second-order valence-corrected chi connectivity index (χ2v) is 6.05. The Morgan fingerprint density at radius 2 is 1.57 bits per heavy atom. The van der Waals surface area contributed by atoms with E-state index in [0.717, 1.165) is 17.8 Å². The van der Waals surface area contributed by atoms with Crippen LogP contribution in [0.25, 0.3) is 0 Å². The van der Waals surface area contributed by atoms with Crippen LogP contribution in [-0.2, 0) is 0 Å². The molecule has 3 aromatic carbocycles. The molecule has 0 aromatic heterocycles. The smallest absolute Gasteiger partial charge is 0.258 e. The van der Waals surface area contributed by atoms with Gasteiger partial charge in [0.2, 0.25) is 0 Å². The summed E-state index contributed by atoms with van der Waals surface area (Å²) in [7, 11) is 0. The van der Waals surface area contributed by atoms with Crippen molar-refractivity contribution >= 4 is 23.2 Å². The Bertz CT molecular complexity index is 1010. The molecule has 0 spiro atoms. The van der Waals surface area contributed by atoms with Crippen molar-refractivity contribution < 1.29 is 18.4 Å². The molecule has 3 aromatic rings. The molecule has 0 aliphatic heterocycles. The molecule has 28 heavy (non-hydrogen) atoms. The maximum absolute atomic E-state index is 13.3. The minimum Gasteiger partial charge on any atom is -0.322 e. The van der Waals surface area contributed by atoms with Gasteiger partial charge in [0.25, 0.3) is 11.8 Å². The summed E-state index contributed by atoms with van der Waals surface area (Å²) in [6.45, 7) is 2.33. The fourth-order valence-electron chi connectivity index (χ4n) is 2.78. The third-order valence-electron chi connectivity index (χ3n) is 4.18. The molecule has 0 unspecified atom stereocenters. The maximum Gasteiger partial charge on any atom is 0.258 e. The van der Waals surface area contributed by atoms with E-state index in [-0.39, 0.29) is 17.2 Å².